The van der Waals surface area contributed by atoms with Gasteiger partial charge in [0.1, 0.15) is 5.75 Å². The lowest BCUT2D eigenvalue weighted by molar-refractivity contribution is 0.104. The molecule has 2 aromatic carbocycles. The number of ketones is 1. The number of carbonyl (C=O) groups excluding carboxylic acids is 1. The molecular formula is C16H15NO2. The van der Waals surface area contributed by atoms with Gasteiger partial charge in [-0.25, -0.2) is 0 Å². The number of hydrogen-bond donors (Lipinski definition) is 2. The van der Waals surface area contributed by atoms with E-state index < -0.39 is 0 Å². The van der Waals surface area contributed by atoms with Crippen LogP contribution in [0.3, 0.4) is 0 Å². The van der Waals surface area contributed by atoms with Crippen LogP contribution in [0.4, 0.5) is 5.69 Å². The first-order valence-electron chi connectivity index (χ1n) is 5.99. The number of phenolic OH excluding ortho intramolecular Hbond substituents is 1. The molecule has 0 aliphatic heterocycles. The van der Waals surface area contributed by atoms with E-state index in [0.29, 0.717) is 11.3 Å². The summed E-state index contributed by atoms with van der Waals surface area (Å²) in [5.74, 6) is 0.0675. The van der Waals surface area contributed by atoms with E-state index in [2.05, 4.69) is 5.32 Å². The lowest BCUT2D eigenvalue weighted by Gasteiger charge is -2.02. The van der Waals surface area contributed by atoms with Gasteiger partial charge in [0.05, 0.1) is 5.69 Å². The van der Waals surface area contributed by atoms with Crippen LogP contribution in [0, 0.1) is 6.92 Å². The normalized spacial score (nSPS) is 10.6. The predicted octanol–water partition coefficient (Wildman–Crippen LogP) is 3.51. The Balaban J connectivity index is 2.01. The zero-order chi connectivity index (χ0) is 13.7. The van der Waals surface area contributed by atoms with Crippen molar-refractivity contribution in [2.45, 2.75) is 6.92 Å². The molecule has 0 unspecified atom stereocenters. The Kier molecular flexibility index (Phi) is 3.98. The molecule has 96 valence electrons. The van der Waals surface area contributed by atoms with Gasteiger partial charge in [0, 0.05) is 17.8 Å². The minimum absolute atomic E-state index is 0.0806. The van der Waals surface area contributed by atoms with E-state index in [1.54, 1.807) is 36.4 Å². The van der Waals surface area contributed by atoms with Gasteiger partial charge in [0.25, 0.3) is 0 Å². The third-order valence-electron chi connectivity index (χ3n) is 2.71. The van der Waals surface area contributed by atoms with Gasteiger partial charge in [0.2, 0.25) is 0 Å². The Bertz CT molecular complexity index is 600. The van der Waals surface area contributed by atoms with E-state index in [1.807, 2.05) is 19.1 Å². The van der Waals surface area contributed by atoms with E-state index in [9.17, 15) is 9.90 Å². The van der Waals surface area contributed by atoms with Crippen molar-refractivity contribution in [3.8, 4) is 5.75 Å². The number of carbonyl (C=O) groups is 1. The number of para-hydroxylation sites is 2. The summed E-state index contributed by atoms with van der Waals surface area (Å²) in [5.41, 5.74) is 2.32. The van der Waals surface area contributed by atoms with Crippen molar-refractivity contribution in [3.05, 3.63) is 71.9 Å². The van der Waals surface area contributed by atoms with Crippen LogP contribution in [0.25, 0.3) is 0 Å². The second-order valence-electron chi connectivity index (χ2n) is 4.23. The number of hydrogen-bond acceptors (Lipinski definition) is 3. The molecule has 0 saturated carbocycles. The summed E-state index contributed by atoms with van der Waals surface area (Å²) < 4.78 is 0. The van der Waals surface area contributed by atoms with E-state index in [0.717, 1.165) is 5.56 Å². The minimum Gasteiger partial charge on any atom is -0.506 e. The summed E-state index contributed by atoms with van der Waals surface area (Å²) in [4.78, 5) is 11.8. The first-order chi connectivity index (χ1) is 9.16. The van der Waals surface area contributed by atoms with Crippen LogP contribution in [-0.4, -0.2) is 10.9 Å². The molecule has 2 N–H and O–H groups in total. The summed E-state index contributed by atoms with van der Waals surface area (Å²) in [6.45, 7) is 1.98. The second kappa shape index (κ2) is 5.87. The highest BCUT2D eigenvalue weighted by Crippen LogP contribution is 2.21. The smallest absolute Gasteiger partial charge is 0.187 e. The molecular weight excluding hydrogens is 238 g/mol. The summed E-state index contributed by atoms with van der Waals surface area (Å²) >= 11 is 0. The minimum atomic E-state index is -0.0806. The number of aromatic hydroxyl groups is 1. The highest BCUT2D eigenvalue weighted by Gasteiger charge is 2.00. The highest BCUT2D eigenvalue weighted by atomic mass is 16.3. The van der Waals surface area contributed by atoms with Crippen molar-refractivity contribution in [3.63, 3.8) is 0 Å². The lowest BCUT2D eigenvalue weighted by Crippen LogP contribution is -1.96. The quantitative estimate of drug-likeness (QED) is 0.498. The van der Waals surface area contributed by atoms with Crippen molar-refractivity contribution in [1.82, 2.24) is 0 Å². The third-order valence-corrected chi connectivity index (χ3v) is 2.71. The van der Waals surface area contributed by atoms with Gasteiger partial charge < -0.3 is 10.4 Å². The van der Waals surface area contributed by atoms with E-state index in [4.69, 9.17) is 0 Å². The molecule has 0 fully saturated rings. The van der Waals surface area contributed by atoms with Crippen molar-refractivity contribution in [2.24, 2.45) is 0 Å². The van der Waals surface area contributed by atoms with Crippen LogP contribution in [0.5, 0.6) is 5.75 Å². The fourth-order valence-corrected chi connectivity index (χ4v) is 1.62. The average molecular weight is 253 g/mol. The Labute approximate surface area is 112 Å². The molecule has 19 heavy (non-hydrogen) atoms. The van der Waals surface area contributed by atoms with Crippen LogP contribution in [-0.2, 0) is 0 Å². The van der Waals surface area contributed by atoms with Crippen molar-refractivity contribution < 1.29 is 9.90 Å². The Morgan fingerprint density at radius 3 is 2.47 bits per heavy atom. The summed E-state index contributed by atoms with van der Waals surface area (Å²) in [6.07, 6.45) is 2.97. The van der Waals surface area contributed by atoms with Gasteiger partial charge in [-0.3, -0.25) is 4.79 Å². The van der Waals surface area contributed by atoms with Crippen LogP contribution in [0.1, 0.15) is 15.9 Å². The maximum absolute atomic E-state index is 11.8. The monoisotopic (exact) mass is 253 g/mol. The largest absolute Gasteiger partial charge is 0.506 e. The van der Waals surface area contributed by atoms with E-state index >= 15 is 0 Å². The zero-order valence-corrected chi connectivity index (χ0v) is 10.6. The maximum atomic E-state index is 11.8. The number of allylic oxidation sites excluding steroid dienone is 1. The molecule has 3 nitrogen and oxygen atoms in total. The maximum Gasteiger partial charge on any atom is 0.187 e. The molecule has 0 spiro atoms. The zero-order valence-electron chi connectivity index (χ0n) is 10.6. The number of rotatable bonds is 4. The molecule has 0 aliphatic rings. The Hall–Kier alpha value is -2.55. The van der Waals surface area contributed by atoms with Crippen molar-refractivity contribution in [1.29, 1.82) is 0 Å². The summed E-state index contributed by atoms with van der Waals surface area (Å²) in [6, 6.07) is 14.2. The Morgan fingerprint density at radius 2 is 1.79 bits per heavy atom. The Morgan fingerprint density at radius 1 is 1.11 bits per heavy atom. The van der Waals surface area contributed by atoms with Gasteiger partial charge in [-0.2, -0.15) is 0 Å². The molecule has 0 aromatic heterocycles. The molecule has 0 bridgehead atoms. The second-order valence-corrected chi connectivity index (χ2v) is 4.23. The molecule has 0 aliphatic carbocycles. The molecule has 0 saturated heterocycles. The molecule has 0 amide bonds. The van der Waals surface area contributed by atoms with Gasteiger partial charge in [-0.15, -0.1) is 0 Å². The molecule has 0 radical (unpaired) electrons. The average Bonchev–Trinajstić information content (AvgIpc) is 2.41. The molecule has 0 heterocycles. The van der Waals surface area contributed by atoms with Crippen molar-refractivity contribution >= 4 is 11.5 Å². The third kappa shape index (κ3) is 3.45. The number of phenols is 1. The molecule has 3 heteroatoms. The standard InChI is InChI=1S/C16H15NO2/c1-12-6-8-13(9-7-12)15(18)10-11-17-14-4-2-3-5-16(14)19/h2-11,17,19H,1H3/b11-10-. The van der Waals surface area contributed by atoms with Gasteiger partial charge in [0.15, 0.2) is 5.78 Å². The molecule has 2 aromatic rings. The SMILES string of the molecule is Cc1ccc(C(=O)/C=C\Nc2ccccc2O)cc1. The first-order valence-corrected chi connectivity index (χ1v) is 5.99. The van der Waals surface area contributed by atoms with Crippen molar-refractivity contribution in [2.75, 3.05) is 5.32 Å². The van der Waals surface area contributed by atoms with Gasteiger partial charge in [-0.05, 0) is 19.1 Å². The highest BCUT2D eigenvalue weighted by molar-refractivity contribution is 6.04. The molecule has 2 rings (SSSR count). The number of nitrogens with one attached hydrogen (secondary N) is 1. The lowest BCUT2D eigenvalue weighted by atomic mass is 10.1. The first kappa shape index (κ1) is 12.9. The molecule has 0 atom stereocenters. The van der Waals surface area contributed by atoms with Crippen LogP contribution < -0.4 is 5.32 Å². The van der Waals surface area contributed by atoms with Crippen LogP contribution >= 0.6 is 0 Å². The van der Waals surface area contributed by atoms with Crippen LogP contribution in [0.2, 0.25) is 0 Å². The topological polar surface area (TPSA) is 49.3 Å². The predicted molar refractivity (Wildman–Crippen MR) is 76.4 cm³/mol. The number of benzene rings is 2. The van der Waals surface area contributed by atoms with Gasteiger partial charge >= 0.3 is 0 Å². The van der Waals surface area contributed by atoms with Crippen LogP contribution in [0.15, 0.2) is 60.8 Å². The van der Waals surface area contributed by atoms with Gasteiger partial charge in [-0.1, -0.05) is 42.0 Å². The summed E-state index contributed by atoms with van der Waals surface area (Å²) in [5, 5.41) is 12.4. The number of anilines is 1. The van der Waals surface area contributed by atoms with E-state index in [-0.39, 0.29) is 11.5 Å². The number of aryl methyl sites for hydroxylation is 1. The summed E-state index contributed by atoms with van der Waals surface area (Å²) in [7, 11) is 0. The fourth-order valence-electron chi connectivity index (χ4n) is 1.62. The fraction of sp³-hybridized carbons (Fsp3) is 0.0625. The van der Waals surface area contributed by atoms with E-state index in [1.165, 1.54) is 12.3 Å².